The van der Waals surface area contributed by atoms with Gasteiger partial charge in [-0.15, -0.1) is 22.7 Å². The summed E-state index contributed by atoms with van der Waals surface area (Å²) in [6.45, 7) is 18.3. The molecule has 4 heterocycles. The van der Waals surface area contributed by atoms with E-state index >= 15 is 0 Å². The normalized spacial score (nSPS) is 14.7. The minimum absolute atomic E-state index is 0.190. The number of urea groups is 1. The first-order valence-corrected chi connectivity index (χ1v) is 20.2. The predicted octanol–water partition coefficient (Wildman–Crippen LogP) is 7.17. The summed E-state index contributed by atoms with van der Waals surface area (Å²) < 4.78 is 31.1. The third-order valence-corrected chi connectivity index (χ3v) is 10.6. The molecule has 0 spiro atoms. The third-order valence-electron chi connectivity index (χ3n) is 8.25. The Balaban J connectivity index is 0.000000222. The second kappa shape index (κ2) is 18.1. The lowest BCUT2D eigenvalue weighted by molar-refractivity contribution is -0.159. The predicted molar refractivity (Wildman–Crippen MR) is 217 cm³/mol. The molecule has 2 fully saturated rings. The maximum atomic E-state index is 12.7. The summed E-state index contributed by atoms with van der Waals surface area (Å²) in [6.07, 6.45) is 8.47. The van der Waals surface area contributed by atoms with E-state index in [1.165, 1.54) is 30.1 Å². The Morgan fingerprint density at radius 3 is 1.66 bits per heavy atom. The first-order chi connectivity index (χ1) is 27.0. The van der Waals surface area contributed by atoms with Crippen molar-refractivity contribution in [1.82, 2.24) is 15.3 Å². The average molecular weight is 845 g/mol. The average Bonchev–Trinajstić information content (AvgIpc) is 3.71. The number of carbonyl (C=O) groups excluding carboxylic acids is 5. The number of nitrogens with two attached hydrogens (primary N) is 2. The van der Waals surface area contributed by atoms with Gasteiger partial charge >= 0.3 is 29.9 Å². The number of rotatable bonds is 10. The molecule has 0 bridgehead atoms. The highest BCUT2D eigenvalue weighted by Crippen LogP contribution is 2.42. The highest BCUT2D eigenvalue weighted by atomic mass is 32.1. The molecule has 6 N–H and O–H groups in total. The molecule has 2 aliphatic carbocycles. The molecule has 316 valence electrons. The molecule has 0 unspecified atom stereocenters. The van der Waals surface area contributed by atoms with Gasteiger partial charge in [0.25, 0.3) is 0 Å². The Hall–Kier alpha value is -5.27. The topological polar surface area (TPSA) is 250 Å². The second-order valence-electron chi connectivity index (χ2n) is 15.5. The van der Waals surface area contributed by atoms with Gasteiger partial charge in [-0.3, -0.25) is 10.1 Å². The maximum absolute atomic E-state index is 12.7. The number of anilines is 2. The number of nitrogen functional groups attached to an aromatic ring is 1. The largest absolute Gasteiger partial charge is 0.462 e. The number of carbonyl (C=O) groups is 5. The Labute approximate surface area is 344 Å². The highest BCUT2D eigenvalue weighted by Gasteiger charge is 2.54. The van der Waals surface area contributed by atoms with Gasteiger partial charge in [0.2, 0.25) is 11.8 Å². The summed E-state index contributed by atoms with van der Waals surface area (Å²) >= 11 is 2.42. The van der Waals surface area contributed by atoms with Crippen LogP contribution in [0.4, 0.5) is 14.8 Å². The molecule has 0 radical (unpaired) electrons. The van der Waals surface area contributed by atoms with Gasteiger partial charge in [0.15, 0.2) is 0 Å². The van der Waals surface area contributed by atoms with E-state index in [0.29, 0.717) is 52.2 Å². The van der Waals surface area contributed by atoms with Crippen molar-refractivity contribution in [3.8, 4) is 21.5 Å². The van der Waals surface area contributed by atoms with Gasteiger partial charge in [0.1, 0.15) is 44.8 Å². The van der Waals surface area contributed by atoms with Gasteiger partial charge in [0.05, 0.1) is 46.5 Å². The quantitative estimate of drug-likeness (QED) is 0.0912. The van der Waals surface area contributed by atoms with Gasteiger partial charge in [-0.05, 0) is 106 Å². The minimum atomic E-state index is -1.04. The first-order valence-electron chi connectivity index (χ1n) is 18.6. The summed E-state index contributed by atoms with van der Waals surface area (Å²) in [6, 6.07) is -0.607. The van der Waals surface area contributed by atoms with Crippen LogP contribution in [0.1, 0.15) is 113 Å². The van der Waals surface area contributed by atoms with Crippen LogP contribution in [0.5, 0.6) is 0 Å². The number of nitrogens with one attached hydrogen (secondary N) is 2. The standard InChI is InChI=1S/C20H25N3O6S.C11H12N2O3S.C8H15NO2/c1-6-27-16(24)12-11(2)13(14-21-9-10-28-14)30-15(12)22-18(26)23-20(7-8-20)17(25)29-19(3,4)5;1-3-15-11(14)7-6(2)8(17-9(7)12)10-13-4-5-16-10;1-7(2,3)11-6(10)8(9)4-5-8/h9-10H,6-8H2,1-5H3,(H2,22,23,26);4-5H,3,12H2,1-2H3;4-5,9H2,1-3H3. The number of esters is 4. The molecular weight excluding hydrogens is 793 g/mol. The smallest absolute Gasteiger partial charge is 0.341 e. The number of oxazole rings is 2. The maximum Gasteiger partial charge on any atom is 0.341 e. The number of ether oxygens (including phenoxy) is 4. The van der Waals surface area contributed by atoms with Crippen LogP contribution < -0.4 is 22.1 Å². The summed E-state index contributed by atoms with van der Waals surface area (Å²) in [7, 11) is 0. The molecule has 0 saturated heterocycles. The van der Waals surface area contributed by atoms with Crippen LogP contribution in [0.25, 0.3) is 21.5 Å². The van der Waals surface area contributed by atoms with Crippen LogP contribution in [0.2, 0.25) is 0 Å². The van der Waals surface area contributed by atoms with Gasteiger partial charge in [-0.2, -0.15) is 0 Å². The van der Waals surface area contributed by atoms with Crippen LogP contribution in [0.3, 0.4) is 0 Å². The first kappa shape index (κ1) is 45.4. The molecule has 4 aromatic rings. The molecule has 2 aliphatic rings. The molecule has 0 aromatic carbocycles. The van der Waals surface area contributed by atoms with E-state index in [1.54, 1.807) is 54.7 Å². The SMILES string of the molecule is CC(C)(C)OC(=O)C1(N)CC1.CCOC(=O)c1c(N)sc(-c2ncco2)c1C.CCOC(=O)c1c(NC(=O)NC2(C(=O)OC(C)(C)C)CC2)sc(-c2ncco2)c1C. The van der Waals surface area contributed by atoms with E-state index in [2.05, 4.69) is 20.6 Å². The van der Waals surface area contributed by atoms with Crippen molar-refractivity contribution >= 4 is 62.6 Å². The molecule has 4 aromatic heterocycles. The molecule has 2 saturated carbocycles. The zero-order valence-electron chi connectivity index (χ0n) is 34.4. The van der Waals surface area contributed by atoms with Crippen LogP contribution in [0, 0.1) is 13.8 Å². The molecule has 17 nitrogen and oxygen atoms in total. The summed E-state index contributed by atoms with van der Waals surface area (Å²) in [5.41, 5.74) is 10.7. The van der Waals surface area contributed by atoms with E-state index in [1.807, 2.05) is 20.8 Å². The zero-order valence-corrected chi connectivity index (χ0v) is 36.0. The lowest BCUT2D eigenvalue weighted by Gasteiger charge is -2.24. The van der Waals surface area contributed by atoms with Crippen molar-refractivity contribution in [2.24, 2.45) is 5.73 Å². The fraction of sp³-hybridized carbons (Fsp3) is 0.513. The number of nitrogens with zero attached hydrogens (tertiary/aromatic N) is 2. The van der Waals surface area contributed by atoms with Gasteiger partial charge < -0.3 is 44.6 Å². The van der Waals surface area contributed by atoms with E-state index in [9.17, 15) is 24.0 Å². The van der Waals surface area contributed by atoms with E-state index < -0.39 is 46.2 Å². The number of hydrogen-bond acceptors (Lipinski definition) is 17. The van der Waals surface area contributed by atoms with E-state index in [0.717, 1.165) is 34.6 Å². The fourth-order valence-electron chi connectivity index (χ4n) is 5.07. The second-order valence-corrected chi connectivity index (χ2v) is 17.6. The molecule has 2 amide bonds. The Morgan fingerprint density at radius 1 is 0.759 bits per heavy atom. The number of amides is 2. The monoisotopic (exact) mass is 844 g/mol. The van der Waals surface area contributed by atoms with E-state index in [4.69, 9.17) is 39.2 Å². The highest BCUT2D eigenvalue weighted by molar-refractivity contribution is 7.20. The Bertz CT molecular complexity index is 2080. The zero-order chi connectivity index (χ0) is 43.2. The van der Waals surface area contributed by atoms with Crippen molar-refractivity contribution in [2.75, 3.05) is 24.3 Å². The van der Waals surface area contributed by atoms with Crippen molar-refractivity contribution in [3.05, 3.63) is 47.2 Å². The van der Waals surface area contributed by atoms with Gasteiger partial charge in [0, 0.05) is 0 Å². The molecule has 0 aliphatic heterocycles. The van der Waals surface area contributed by atoms with Gasteiger partial charge in [-0.1, -0.05) is 0 Å². The Kier molecular flexibility index (Phi) is 14.2. The summed E-state index contributed by atoms with van der Waals surface area (Å²) in [5, 5.41) is 6.08. The van der Waals surface area contributed by atoms with Gasteiger partial charge in [-0.25, -0.2) is 29.1 Å². The van der Waals surface area contributed by atoms with Crippen molar-refractivity contribution in [2.45, 2.75) is 117 Å². The van der Waals surface area contributed by atoms with Crippen LogP contribution in [-0.2, 0) is 28.5 Å². The fourth-order valence-corrected chi connectivity index (χ4v) is 7.21. The molecule has 6 rings (SSSR count). The summed E-state index contributed by atoms with van der Waals surface area (Å²) in [4.78, 5) is 70.1. The van der Waals surface area contributed by atoms with Crippen molar-refractivity contribution < 1.29 is 51.8 Å². The number of aromatic nitrogens is 2. The van der Waals surface area contributed by atoms with E-state index in [-0.39, 0.29) is 23.1 Å². The molecule has 58 heavy (non-hydrogen) atoms. The third kappa shape index (κ3) is 11.7. The lowest BCUT2D eigenvalue weighted by atomic mass is 10.1. The van der Waals surface area contributed by atoms with Crippen molar-refractivity contribution in [3.63, 3.8) is 0 Å². The van der Waals surface area contributed by atoms with Crippen molar-refractivity contribution in [1.29, 1.82) is 0 Å². The molecule has 0 atom stereocenters. The van der Waals surface area contributed by atoms with Crippen LogP contribution in [0.15, 0.2) is 33.8 Å². The summed E-state index contributed by atoms with van der Waals surface area (Å²) in [5.74, 6) is -0.897. The van der Waals surface area contributed by atoms with Crippen LogP contribution in [-0.4, -0.2) is 75.4 Å². The van der Waals surface area contributed by atoms with Crippen LogP contribution >= 0.6 is 22.7 Å². The number of hydrogen-bond donors (Lipinski definition) is 4. The Morgan fingerprint density at radius 2 is 1.22 bits per heavy atom. The molecular formula is C39H52N6O11S2. The molecule has 19 heteroatoms. The minimum Gasteiger partial charge on any atom is -0.462 e. The number of thiophene rings is 2. The lowest BCUT2D eigenvalue weighted by Crippen LogP contribution is -2.47.